The maximum Gasteiger partial charge on any atom is 0.214 e. The average molecular weight is 233 g/mol. The third-order valence-electron chi connectivity index (χ3n) is 2.12. The predicted molar refractivity (Wildman–Crippen MR) is 51.7 cm³/mol. The zero-order valence-electron chi connectivity index (χ0n) is 7.80. The van der Waals surface area contributed by atoms with E-state index < -0.39 is 5.50 Å². The molecule has 0 amide bonds. The number of morpholine rings is 1. The summed E-state index contributed by atoms with van der Waals surface area (Å²) in [6, 6.07) is 0. The molecule has 7 nitrogen and oxygen atoms in total. The van der Waals surface area contributed by atoms with Crippen LogP contribution in [0.1, 0.15) is 11.2 Å². The molecule has 0 aliphatic carbocycles. The summed E-state index contributed by atoms with van der Waals surface area (Å²) in [7, 11) is 0. The summed E-state index contributed by atoms with van der Waals surface area (Å²) < 4.78 is 9.74. The Bertz CT molecular complexity index is 339. The fourth-order valence-corrected chi connectivity index (χ4v) is 1.52. The van der Waals surface area contributed by atoms with E-state index in [0.717, 1.165) is 0 Å². The minimum absolute atomic E-state index is 0.258. The molecule has 0 spiro atoms. The Morgan fingerprint density at radius 2 is 2.13 bits per heavy atom. The summed E-state index contributed by atoms with van der Waals surface area (Å²) in [6.07, 6.45) is 0. The molecule has 0 N–H and O–H groups in total. The lowest BCUT2D eigenvalue weighted by Gasteiger charge is -2.26. The highest BCUT2D eigenvalue weighted by Crippen LogP contribution is 2.28. The molecule has 1 unspecified atom stereocenters. The molecule has 0 bridgehead atoms. The highest BCUT2D eigenvalue weighted by molar-refractivity contribution is 6.20. The van der Waals surface area contributed by atoms with Crippen molar-refractivity contribution in [2.75, 3.05) is 31.2 Å². The van der Waals surface area contributed by atoms with Gasteiger partial charge in [0.25, 0.3) is 0 Å². The topological polar surface area (TPSA) is 80.8 Å². The Morgan fingerprint density at radius 3 is 2.80 bits per heavy atom. The van der Waals surface area contributed by atoms with Crippen LogP contribution in [0, 0.1) is 4.91 Å². The Labute approximate surface area is 90.3 Å². The van der Waals surface area contributed by atoms with Crippen molar-refractivity contribution in [1.82, 2.24) is 10.3 Å². The molecular formula is C7H9ClN4O3. The molecule has 8 heteroatoms. The largest absolute Gasteiger partial charge is 0.378 e. The Hall–Kier alpha value is -1.21. The summed E-state index contributed by atoms with van der Waals surface area (Å²) in [5, 5.41) is 9.96. The van der Waals surface area contributed by atoms with Crippen LogP contribution in [-0.4, -0.2) is 36.6 Å². The first kappa shape index (κ1) is 10.3. The molecule has 1 saturated heterocycles. The molecule has 0 saturated carbocycles. The van der Waals surface area contributed by atoms with Gasteiger partial charge in [-0.2, -0.15) is 0 Å². The van der Waals surface area contributed by atoms with Crippen LogP contribution in [0.15, 0.2) is 9.81 Å². The Kier molecular flexibility index (Phi) is 3.12. The van der Waals surface area contributed by atoms with Crippen LogP contribution in [0.5, 0.6) is 0 Å². The van der Waals surface area contributed by atoms with Crippen molar-refractivity contribution in [1.29, 1.82) is 0 Å². The van der Waals surface area contributed by atoms with Crippen LogP contribution in [0.3, 0.4) is 0 Å². The van der Waals surface area contributed by atoms with Gasteiger partial charge in [0.2, 0.25) is 11.3 Å². The van der Waals surface area contributed by atoms with Crippen LogP contribution < -0.4 is 4.90 Å². The fraction of sp³-hybridized carbons (Fsp3) is 0.714. The summed E-state index contributed by atoms with van der Waals surface area (Å²) in [4.78, 5) is 12.2. The summed E-state index contributed by atoms with van der Waals surface area (Å²) in [6.45, 7) is 2.55. The average Bonchev–Trinajstić information content (AvgIpc) is 2.78. The molecular weight excluding hydrogens is 224 g/mol. The van der Waals surface area contributed by atoms with Crippen LogP contribution in [0.4, 0.5) is 5.82 Å². The first-order valence-corrected chi connectivity index (χ1v) is 4.88. The second-order valence-electron chi connectivity index (χ2n) is 3.01. The molecule has 2 rings (SSSR count). The van der Waals surface area contributed by atoms with Crippen LogP contribution in [0.2, 0.25) is 0 Å². The van der Waals surface area contributed by atoms with Gasteiger partial charge in [0, 0.05) is 13.1 Å². The fourth-order valence-electron chi connectivity index (χ4n) is 1.39. The molecule has 15 heavy (non-hydrogen) atoms. The molecule has 1 aromatic rings. The van der Waals surface area contributed by atoms with E-state index in [-0.39, 0.29) is 5.69 Å². The second kappa shape index (κ2) is 4.54. The number of nitrogens with zero attached hydrogens (tertiary/aromatic N) is 4. The zero-order chi connectivity index (χ0) is 10.7. The minimum atomic E-state index is -1.06. The highest BCUT2D eigenvalue weighted by Gasteiger charge is 2.25. The third-order valence-corrected chi connectivity index (χ3v) is 2.41. The van der Waals surface area contributed by atoms with Crippen molar-refractivity contribution in [2.24, 2.45) is 5.18 Å². The number of nitroso groups, excluding NO2 is 1. The van der Waals surface area contributed by atoms with Gasteiger partial charge in [-0.1, -0.05) is 11.6 Å². The lowest BCUT2D eigenvalue weighted by atomic mass is 10.3. The van der Waals surface area contributed by atoms with Crippen molar-refractivity contribution >= 4 is 17.4 Å². The van der Waals surface area contributed by atoms with Gasteiger partial charge in [0.1, 0.15) is 0 Å². The van der Waals surface area contributed by atoms with E-state index in [4.69, 9.17) is 16.3 Å². The molecule has 1 aliphatic heterocycles. The number of halogens is 1. The molecule has 1 aromatic heterocycles. The molecule has 2 heterocycles. The van der Waals surface area contributed by atoms with Crippen LogP contribution >= 0.6 is 11.6 Å². The van der Waals surface area contributed by atoms with Gasteiger partial charge < -0.3 is 9.64 Å². The maximum absolute atomic E-state index is 10.3. The number of anilines is 1. The van der Waals surface area contributed by atoms with Crippen molar-refractivity contribution in [2.45, 2.75) is 5.50 Å². The van der Waals surface area contributed by atoms with Crippen molar-refractivity contribution in [3.63, 3.8) is 0 Å². The Balaban J connectivity index is 2.19. The SMILES string of the molecule is O=NC(Cl)c1nonc1N1CCOCC1. The van der Waals surface area contributed by atoms with Crippen LogP contribution in [-0.2, 0) is 4.74 Å². The number of alkyl halides is 1. The van der Waals surface area contributed by atoms with E-state index in [9.17, 15) is 4.91 Å². The van der Waals surface area contributed by atoms with E-state index in [0.29, 0.717) is 32.1 Å². The minimum Gasteiger partial charge on any atom is -0.378 e. The number of aromatic nitrogens is 2. The summed E-state index contributed by atoms with van der Waals surface area (Å²) >= 11 is 5.66. The van der Waals surface area contributed by atoms with Gasteiger partial charge in [-0.3, -0.25) is 0 Å². The number of ether oxygens (including phenoxy) is 1. The number of hydrogen-bond acceptors (Lipinski definition) is 7. The number of hydrogen-bond donors (Lipinski definition) is 0. The number of rotatable bonds is 3. The van der Waals surface area contributed by atoms with Crippen molar-refractivity contribution in [3.05, 3.63) is 10.6 Å². The van der Waals surface area contributed by atoms with Gasteiger partial charge in [0.15, 0.2) is 5.69 Å². The predicted octanol–water partition coefficient (Wildman–Crippen LogP) is 0.910. The van der Waals surface area contributed by atoms with Crippen LogP contribution in [0.25, 0.3) is 0 Å². The van der Waals surface area contributed by atoms with Gasteiger partial charge in [-0.05, 0) is 15.5 Å². The summed E-state index contributed by atoms with van der Waals surface area (Å²) in [5.74, 6) is 0.470. The monoisotopic (exact) mass is 232 g/mol. The van der Waals surface area contributed by atoms with Gasteiger partial charge in [0.05, 0.1) is 13.2 Å². The van der Waals surface area contributed by atoms with E-state index in [2.05, 4.69) is 20.1 Å². The van der Waals surface area contributed by atoms with E-state index in [1.165, 1.54) is 0 Å². The van der Waals surface area contributed by atoms with Gasteiger partial charge in [-0.25, -0.2) is 4.63 Å². The first-order chi connectivity index (χ1) is 7.33. The third kappa shape index (κ3) is 2.07. The molecule has 1 aliphatic rings. The lowest BCUT2D eigenvalue weighted by molar-refractivity contribution is 0.122. The molecule has 0 radical (unpaired) electrons. The van der Waals surface area contributed by atoms with E-state index >= 15 is 0 Å². The standard InChI is InChI=1S/C7H9ClN4O3/c8-6(9-13)5-7(11-15-10-5)12-1-3-14-4-2-12/h6H,1-4H2. The van der Waals surface area contributed by atoms with Gasteiger partial charge in [-0.15, -0.1) is 4.91 Å². The molecule has 1 fully saturated rings. The lowest BCUT2D eigenvalue weighted by Crippen LogP contribution is -2.37. The summed E-state index contributed by atoms with van der Waals surface area (Å²) in [5.41, 5.74) is -0.803. The van der Waals surface area contributed by atoms with E-state index in [1.54, 1.807) is 0 Å². The smallest absolute Gasteiger partial charge is 0.214 e. The first-order valence-electron chi connectivity index (χ1n) is 4.44. The second-order valence-corrected chi connectivity index (χ2v) is 3.43. The van der Waals surface area contributed by atoms with Gasteiger partial charge >= 0.3 is 0 Å². The normalized spacial score (nSPS) is 18.9. The maximum atomic E-state index is 10.3. The van der Waals surface area contributed by atoms with Crippen molar-refractivity contribution < 1.29 is 9.37 Å². The zero-order valence-corrected chi connectivity index (χ0v) is 8.55. The molecule has 1 atom stereocenters. The van der Waals surface area contributed by atoms with E-state index in [1.807, 2.05) is 4.90 Å². The molecule has 82 valence electrons. The molecule has 0 aromatic carbocycles. The quantitative estimate of drug-likeness (QED) is 0.438. The Morgan fingerprint density at radius 1 is 1.40 bits per heavy atom. The van der Waals surface area contributed by atoms with Crippen molar-refractivity contribution in [3.8, 4) is 0 Å². The highest BCUT2D eigenvalue weighted by atomic mass is 35.5.